The Bertz CT molecular complexity index is 327. The molecule has 1 aliphatic heterocycles. The highest BCUT2D eigenvalue weighted by Crippen LogP contribution is 2.13. The molecule has 2 heteroatoms. The van der Waals surface area contributed by atoms with Crippen molar-refractivity contribution in [3.05, 3.63) is 34.9 Å². The van der Waals surface area contributed by atoms with Gasteiger partial charge in [-0.3, -0.25) is 4.90 Å². The third kappa shape index (κ3) is 2.80. The van der Waals surface area contributed by atoms with Gasteiger partial charge in [0, 0.05) is 32.7 Å². The molecule has 0 atom stereocenters. The Kier molecular flexibility index (Phi) is 3.39. The lowest BCUT2D eigenvalue weighted by atomic mass is 10.1. The van der Waals surface area contributed by atoms with Crippen LogP contribution in [0.15, 0.2) is 18.2 Å². The zero-order chi connectivity index (χ0) is 10.7. The number of hydrogen-bond acceptors (Lipinski definition) is 1. The van der Waals surface area contributed by atoms with Crippen LogP contribution in [0.25, 0.3) is 0 Å². The molecule has 1 aliphatic rings. The average Bonchev–Trinajstić information content (AvgIpc) is 2.24. The Morgan fingerprint density at radius 3 is 2.60 bits per heavy atom. The summed E-state index contributed by atoms with van der Waals surface area (Å²) in [7, 11) is 0. The van der Waals surface area contributed by atoms with Crippen LogP contribution >= 0.6 is 0 Å². The topological polar surface area (TPSA) is 17.3 Å². The molecule has 1 saturated heterocycles. The third-order valence-electron chi connectivity index (χ3n) is 3.04. The second-order valence-electron chi connectivity index (χ2n) is 4.38. The van der Waals surface area contributed by atoms with E-state index in [0.717, 1.165) is 32.7 Å². The van der Waals surface area contributed by atoms with Crippen LogP contribution in [0.2, 0.25) is 0 Å². The Hall–Kier alpha value is -0.860. The highest BCUT2D eigenvalue weighted by atomic mass is 15.2. The van der Waals surface area contributed by atoms with Crippen molar-refractivity contribution in [2.75, 3.05) is 26.2 Å². The molecule has 0 spiro atoms. The molecule has 1 heterocycles. The summed E-state index contributed by atoms with van der Waals surface area (Å²) in [5.41, 5.74) is 4.23. The number of benzene rings is 1. The minimum atomic E-state index is 1.00. The highest BCUT2D eigenvalue weighted by Gasteiger charge is 2.11. The van der Waals surface area contributed by atoms with Crippen LogP contribution in [0, 0.1) is 13.8 Å². The summed E-state index contributed by atoms with van der Waals surface area (Å²) < 4.78 is 0. The van der Waals surface area contributed by atoms with Gasteiger partial charge in [-0.25, -0.2) is 5.32 Å². The van der Waals surface area contributed by atoms with Crippen LogP contribution in [-0.2, 0) is 6.54 Å². The Labute approximate surface area is 92.3 Å². The molecular formula is C13H19N2. The number of piperazine rings is 1. The van der Waals surface area contributed by atoms with Crippen molar-refractivity contribution >= 4 is 0 Å². The van der Waals surface area contributed by atoms with E-state index in [1.54, 1.807) is 0 Å². The molecule has 0 bridgehead atoms. The second kappa shape index (κ2) is 4.77. The van der Waals surface area contributed by atoms with Crippen LogP contribution in [0.4, 0.5) is 0 Å². The van der Waals surface area contributed by atoms with Crippen LogP contribution in [-0.4, -0.2) is 31.1 Å². The summed E-state index contributed by atoms with van der Waals surface area (Å²) in [6.45, 7) is 9.69. The van der Waals surface area contributed by atoms with E-state index < -0.39 is 0 Å². The van der Waals surface area contributed by atoms with Crippen molar-refractivity contribution in [3.63, 3.8) is 0 Å². The normalized spacial score (nSPS) is 18.0. The molecule has 0 saturated carbocycles. The second-order valence-corrected chi connectivity index (χ2v) is 4.38. The van der Waals surface area contributed by atoms with Crippen LogP contribution in [0.5, 0.6) is 0 Å². The fraction of sp³-hybridized carbons (Fsp3) is 0.538. The van der Waals surface area contributed by atoms with Crippen molar-refractivity contribution in [2.45, 2.75) is 20.4 Å². The number of hydrogen-bond donors (Lipinski definition) is 0. The van der Waals surface area contributed by atoms with E-state index in [2.05, 4.69) is 42.3 Å². The zero-order valence-electron chi connectivity index (χ0n) is 9.66. The average molecular weight is 203 g/mol. The fourth-order valence-electron chi connectivity index (χ4n) is 2.07. The van der Waals surface area contributed by atoms with E-state index in [-0.39, 0.29) is 0 Å². The number of aryl methyl sites for hydroxylation is 2. The SMILES string of the molecule is Cc1ccc(CN2CC[N]CC2)c(C)c1. The largest absolute Gasteiger partial charge is 0.296 e. The first kappa shape index (κ1) is 10.7. The van der Waals surface area contributed by atoms with Gasteiger partial charge in [-0.2, -0.15) is 0 Å². The van der Waals surface area contributed by atoms with Crippen molar-refractivity contribution in [3.8, 4) is 0 Å². The van der Waals surface area contributed by atoms with Gasteiger partial charge < -0.3 is 0 Å². The molecule has 1 aromatic carbocycles. The van der Waals surface area contributed by atoms with Gasteiger partial charge in [0.1, 0.15) is 0 Å². The maximum Gasteiger partial charge on any atom is 0.0261 e. The third-order valence-corrected chi connectivity index (χ3v) is 3.04. The number of nitrogens with zero attached hydrogens (tertiary/aromatic N) is 2. The molecule has 81 valence electrons. The minimum Gasteiger partial charge on any atom is -0.296 e. The van der Waals surface area contributed by atoms with Gasteiger partial charge in [0.2, 0.25) is 0 Å². The lowest BCUT2D eigenvalue weighted by molar-refractivity contribution is 0.230. The lowest BCUT2D eigenvalue weighted by Crippen LogP contribution is -2.39. The predicted octanol–water partition coefficient (Wildman–Crippen LogP) is 1.72. The quantitative estimate of drug-likeness (QED) is 0.715. The Balaban J connectivity index is 2.03. The Morgan fingerprint density at radius 2 is 1.93 bits per heavy atom. The van der Waals surface area contributed by atoms with E-state index in [4.69, 9.17) is 0 Å². The van der Waals surface area contributed by atoms with Crippen molar-refractivity contribution in [1.29, 1.82) is 0 Å². The van der Waals surface area contributed by atoms with Gasteiger partial charge in [0.05, 0.1) is 0 Å². The molecule has 2 nitrogen and oxygen atoms in total. The summed E-state index contributed by atoms with van der Waals surface area (Å²) in [6.07, 6.45) is 0. The van der Waals surface area contributed by atoms with Gasteiger partial charge in [-0.1, -0.05) is 23.8 Å². The number of rotatable bonds is 2. The maximum atomic E-state index is 4.36. The molecule has 0 aliphatic carbocycles. The first-order valence-corrected chi connectivity index (χ1v) is 5.67. The van der Waals surface area contributed by atoms with E-state index in [0.29, 0.717) is 0 Å². The van der Waals surface area contributed by atoms with Crippen molar-refractivity contribution in [1.82, 2.24) is 10.2 Å². The van der Waals surface area contributed by atoms with E-state index in [1.165, 1.54) is 16.7 Å². The van der Waals surface area contributed by atoms with Crippen molar-refractivity contribution in [2.24, 2.45) is 0 Å². The van der Waals surface area contributed by atoms with Crippen molar-refractivity contribution < 1.29 is 0 Å². The van der Waals surface area contributed by atoms with Gasteiger partial charge >= 0.3 is 0 Å². The molecular weight excluding hydrogens is 184 g/mol. The highest BCUT2D eigenvalue weighted by molar-refractivity contribution is 5.30. The first-order chi connectivity index (χ1) is 7.25. The van der Waals surface area contributed by atoms with Gasteiger partial charge in [-0.05, 0) is 25.0 Å². The van der Waals surface area contributed by atoms with Crippen LogP contribution in [0.1, 0.15) is 16.7 Å². The molecule has 0 aromatic heterocycles. The molecule has 1 radical (unpaired) electrons. The first-order valence-electron chi connectivity index (χ1n) is 5.67. The van der Waals surface area contributed by atoms with Gasteiger partial charge in [0.15, 0.2) is 0 Å². The van der Waals surface area contributed by atoms with E-state index in [9.17, 15) is 0 Å². The molecule has 2 rings (SSSR count). The zero-order valence-corrected chi connectivity index (χ0v) is 9.66. The lowest BCUT2D eigenvalue weighted by Gasteiger charge is -2.26. The fourth-order valence-corrected chi connectivity index (χ4v) is 2.07. The van der Waals surface area contributed by atoms with Crippen LogP contribution < -0.4 is 5.32 Å². The predicted molar refractivity (Wildman–Crippen MR) is 63.1 cm³/mol. The summed E-state index contributed by atoms with van der Waals surface area (Å²) in [5.74, 6) is 0. The van der Waals surface area contributed by atoms with E-state index in [1.807, 2.05) is 0 Å². The molecule has 0 amide bonds. The smallest absolute Gasteiger partial charge is 0.0261 e. The van der Waals surface area contributed by atoms with Gasteiger partial charge in [-0.15, -0.1) is 0 Å². The summed E-state index contributed by atoms with van der Waals surface area (Å²) in [5, 5.41) is 4.36. The molecule has 15 heavy (non-hydrogen) atoms. The summed E-state index contributed by atoms with van der Waals surface area (Å²) in [4.78, 5) is 2.49. The van der Waals surface area contributed by atoms with Crippen LogP contribution in [0.3, 0.4) is 0 Å². The molecule has 0 N–H and O–H groups in total. The summed E-state index contributed by atoms with van der Waals surface area (Å²) >= 11 is 0. The standard InChI is InChI=1S/C13H19N2/c1-11-3-4-13(12(2)9-11)10-15-7-5-14-6-8-15/h3-4,9H,5-8,10H2,1-2H3. The Morgan fingerprint density at radius 1 is 1.20 bits per heavy atom. The molecule has 1 fully saturated rings. The van der Waals surface area contributed by atoms with E-state index >= 15 is 0 Å². The molecule has 1 aromatic rings. The maximum absolute atomic E-state index is 4.36. The van der Waals surface area contributed by atoms with Gasteiger partial charge in [0.25, 0.3) is 0 Å². The monoisotopic (exact) mass is 203 g/mol. The molecule has 0 unspecified atom stereocenters. The summed E-state index contributed by atoms with van der Waals surface area (Å²) in [6, 6.07) is 6.73. The minimum absolute atomic E-state index is 1.00.